The number of piperidine rings is 1. The van der Waals surface area contributed by atoms with Crippen molar-refractivity contribution in [3.63, 3.8) is 0 Å². The second kappa shape index (κ2) is 9.45. The van der Waals surface area contributed by atoms with Crippen LogP contribution < -0.4 is 10.6 Å². The Hall–Kier alpha value is -1.85. The lowest BCUT2D eigenvalue weighted by Gasteiger charge is -2.32. The lowest BCUT2D eigenvalue weighted by Crippen LogP contribution is -2.48. The molecule has 1 aliphatic rings. The Bertz CT molecular complexity index is 525. The molecule has 1 aromatic carbocycles. The first-order valence-electron chi connectivity index (χ1n) is 8.68. The van der Waals surface area contributed by atoms with Crippen molar-refractivity contribution < 1.29 is 9.90 Å². The van der Waals surface area contributed by atoms with Crippen LogP contribution in [0.5, 0.6) is 0 Å². The maximum atomic E-state index is 12.3. The summed E-state index contributed by atoms with van der Waals surface area (Å²) in [5.41, 5.74) is 2.19. The first-order chi connectivity index (χ1) is 11.6. The number of hydrogen-bond acceptors (Lipinski definition) is 3. The summed E-state index contributed by atoms with van der Waals surface area (Å²) < 4.78 is 0. The van der Waals surface area contributed by atoms with Crippen molar-refractivity contribution in [2.75, 3.05) is 26.2 Å². The highest BCUT2D eigenvalue weighted by Gasteiger charge is 2.21. The smallest absolute Gasteiger partial charge is 0.315 e. The molecule has 0 radical (unpaired) electrons. The molecule has 1 aliphatic heterocycles. The molecule has 1 fully saturated rings. The number of nitrogens with one attached hydrogen (secondary N) is 2. The van der Waals surface area contributed by atoms with Gasteiger partial charge in [0.2, 0.25) is 0 Å². The van der Waals surface area contributed by atoms with Gasteiger partial charge in [0, 0.05) is 32.3 Å². The van der Waals surface area contributed by atoms with Gasteiger partial charge < -0.3 is 15.7 Å². The normalized spacial score (nSPS) is 17.2. The van der Waals surface area contributed by atoms with Crippen LogP contribution in [0.1, 0.15) is 37.8 Å². The van der Waals surface area contributed by atoms with Crippen LogP contribution >= 0.6 is 0 Å². The summed E-state index contributed by atoms with van der Waals surface area (Å²) in [6.07, 6.45) is 2.42. The van der Waals surface area contributed by atoms with Crippen molar-refractivity contribution in [1.82, 2.24) is 15.5 Å². The minimum atomic E-state index is -0.167. The quantitative estimate of drug-likeness (QED) is 0.673. The van der Waals surface area contributed by atoms with Gasteiger partial charge in [0.05, 0.1) is 6.04 Å². The molecule has 24 heavy (non-hydrogen) atoms. The van der Waals surface area contributed by atoms with Crippen molar-refractivity contribution in [1.29, 1.82) is 0 Å². The Morgan fingerprint density at radius 1 is 1.33 bits per heavy atom. The van der Waals surface area contributed by atoms with Gasteiger partial charge in [0.15, 0.2) is 0 Å². The Balaban J connectivity index is 1.80. The van der Waals surface area contributed by atoms with Crippen LogP contribution in [0.25, 0.3) is 0 Å². The van der Waals surface area contributed by atoms with E-state index in [9.17, 15) is 9.90 Å². The van der Waals surface area contributed by atoms with Crippen LogP contribution in [0.4, 0.5) is 4.79 Å². The van der Waals surface area contributed by atoms with Gasteiger partial charge in [0.25, 0.3) is 0 Å². The van der Waals surface area contributed by atoms with Crippen molar-refractivity contribution in [3.8, 4) is 0 Å². The third kappa shape index (κ3) is 5.98. The molecule has 0 unspecified atom stereocenters. The Morgan fingerprint density at radius 2 is 2.00 bits per heavy atom. The zero-order chi connectivity index (χ0) is 17.4. The fourth-order valence-electron chi connectivity index (χ4n) is 3.14. The molecule has 0 saturated carbocycles. The van der Waals surface area contributed by atoms with Crippen LogP contribution in [0.2, 0.25) is 0 Å². The summed E-state index contributed by atoms with van der Waals surface area (Å²) in [6, 6.07) is 9.64. The molecule has 1 atom stereocenters. The average Bonchev–Trinajstić information content (AvgIpc) is 2.56. The van der Waals surface area contributed by atoms with Gasteiger partial charge in [0.1, 0.15) is 0 Å². The van der Waals surface area contributed by atoms with Crippen LogP contribution in [0, 0.1) is 0 Å². The molecular weight excluding hydrogens is 302 g/mol. The van der Waals surface area contributed by atoms with Crippen molar-refractivity contribution in [3.05, 3.63) is 48.0 Å². The third-order valence-corrected chi connectivity index (χ3v) is 4.34. The third-order valence-electron chi connectivity index (χ3n) is 4.34. The van der Waals surface area contributed by atoms with Gasteiger partial charge >= 0.3 is 6.03 Å². The number of rotatable bonds is 7. The molecule has 5 nitrogen and oxygen atoms in total. The number of aliphatic hydroxyl groups excluding tert-OH is 1. The van der Waals surface area contributed by atoms with E-state index in [0.717, 1.165) is 38.0 Å². The minimum absolute atomic E-state index is 0.0408. The summed E-state index contributed by atoms with van der Waals surface area (Å²) in [5, 5.41) is 15.3. The highest BCUT2D eigenvalue weighted by Crippen LogP contribution is 2.16. The van der Waals surface area contributed by atoms with E-state index in [2.05, 4.69) is 22.1 Å². The van der Waals surface area contributed by atoms with Gasteiger partial charge in [-0.2, -0.15) is 0 Å². The highest BCUT2D eigenvalue weighted by molar-refractivity contribution is 5.74. The lowest BCUT2D eigenvalue weighted by atomic mass is 10.0. The molecule has 0 bridgehead atoms. The number of amides is 2. The predicted octanol–water partition coefficient (Wildman–Crippen LogP) is 2.45. The molecule has 0 aromatic heterocycles. The Labute approximate surface area is 144 Å². The predicted molar refractivity (Wildman–Crippen MR) is 96.8 cm³/mol. The van der Waals surface area contributed by atoms with Gasteiger partial charge in [-0.1, -0.05) is 42.5 Å². The first kappa shape index (κ1) is 18.5. The van der Waals surface area contributed by atoms with Gasteiger partial charge in [-0.25, -0.2) is 4.79 Å². The summed E-state index contributed by atoms with van der Waals surface area (Å²) >= 11 is 0. The van der Waals surface area contributed by atoms with E-state index in [1.54, 1.807) is 0 Å². The monoisotopic (exact) mass is 331 g/mol. The fraction of sp³-hybridized carbons (Fsp3) is 0.526. The second-order valence-corrected chi connectivity index (χ2v) is 6.60. The fourth-order valence-corrected chi connectivity index (χ4v) is 3.14. The number of carbonyl (C=O) groups excluding carboxylic acids is 1. The largest absolute Gasteiger partial charge is 0.396 e. The standard InChI is InChI=1S/C19H29N3O2/c1-15(2)14-22-11-8-17(9-12-22)20-19(24)21-18(10-13-23)16-6-4-3-5-7-16/h3-7,17-18,23H,1,8-14H2,2H3,(H2,20,21,24)/t18-/m1/s1. The highest BCUT2D eigenvalue weighted by atomic mass is 16.3. The molecule has 0 spiro atoms. The van der Waals surface area contributed by atoms with Crippen LogP contribution in [0.15, 0.2) is 42.5 Å². The minimum Gasteiger partial charge on any atom is -0.396 e. The van der Waals surface area contributed by atoms with E-state index in [1.165, 1.54) is 5.57 Å². The van der Waals surface area contributed by atoms with Gasteiger partial charge in [-0.3, -0.25) is 4.90 Å². The van der Waals surface area contributed by atoms with Crippen LogP contribution in [-0.4, -0.2) is 48.3 Å². The first-order valence-corrected chi connectivity index (χ1v) is 8.68. The second-order valence-electron chi connectivity index (χ2n) is 6.60. The molecule has 1 aromatic rings. The molecule has 0 aliphatic carbocycles. The Kier molecular flexibility index (Phi) is 7.28. The molecular formula is C19H29N3O2. The van der Waals surface area contributed by atoms with Crippen molar-refractivity contribution in [2.45, 2.75) is 38.3 Å². The molecule has 3 N–H and O–H groups in total. The number of hydrogen-bond donors (Lipinski definition) is 3. The molecule has 1 saturated heterocycles. The molecule has 5 heteroatoms. The maximum absolute atomic E-state index is 12.3. The number of nitrogens with zero attached hydrogens (tertiary/aromatic N) is 1. The van der Waals surface area contributed by atoms with Crippen molar-refractivity contribution in [2.24, 2.45) is 0 Å². The van der Waals surface area contributed by atoms with Crippen molar-refractivity contribution >= 4 is 6.03 Å². The molecule has 2 rings (SSSR count). The summed E-state index contributed by atoms with van der Waals surface area (Å²) in [7, 11) is 0. The zero-order valence-electron chi connectivity index (χ0n) is 14.5. The summed E-state index contributed by atoms with van der Waals surface area (Å²) in [5.74, 6) is 0. The van der Waals surface area contributed by atoms with E-state index >= 15 is 0 Å². The topological polar surface area (TPSA) is 64.6 Å². The number of benzene rings is 1. The molecule has 1 heterocycles. The summed E-state index contributed by atoms with van der Waals surface area (Å²) in [4.78, 5) is 14.7. The van der Waals surface area contributed by atoms with E-state index in [-0.39, 0.29) is 24.7 Å². The van der Waals surface area contributed by atoms with Crippen LogP contribution in [0.3, 0.4) is 0 Å². The number of urea groups is 1. The van der Waals surface area contributed by atoms with E-state index in [4.69, 9.17) is 0 Å². The maximum Gasteiger partial charge on any atom is 0.315 e. The molecule has 2 amide bonds. The summed E-state index contributed by atoms with van der Waals surface area (Å²) in [6.45, 7) is 8.94. The van der Waals surface area contributed by atoms with Gasteiger partial charge in [-0.05, 0) is 31.7 Å². The van der Waals surface area contributed by atoms with Gasteiger partial charge in [-0.15, -0.1) is 0 Å². The lowest BCUT2D eigenvalue weighted by molar-refractivity contribution is 0.198. The average molecular weight is 331 g/mol. The van der Waals surface area contributed by atoms with E-state index in [1.807, 2.05) is 37.3 Å². The Morgan fingerprint density at radius 3 is 2.58 bits per heavy atom. The SMILES string of the molecule is C=C(C)CN1CCC(NC(=O)N[C@H](CCO)c2ccccc2)CC1. The van der Waals surface area contributed by atoms with Crippen LogP contribution in [-0.2, 0) is 0 Å². The number of likely N-dealkylation sites (tertiary alicyclic amines) is 1. The van der Waals surface area contributed by atoms with E-state index < -0.39 is 0 Å². The number of aliphatic hydroxyl groups is 1. The molecule has 132 valence electrons. The van der Waals surface area contributed by atoms with E-state index in [0.29, 0.717) is 6.42 Å². The number of carbonyl (C=O) groups is 1. The zero-order valence-corrected chi connectivity index (χ0v) is 14.5.